The van der Waals surface area contributed by atoms with Gasteiger partial charge in [0.25, 0.3) is 0 Å². The molecule has 0 aromatic rings. The van der Waals surface area contributed by atoms with Crippen molar-refractivity contribution < 1.29 is 38.4 Å². The third-order valence-corrected chi connectivity index (χ3v) is 6.88. The van der Waals surface area contributed by atoms with E-state index >= 15 is 0 Å². The Balaban J connectivity index is 1.26. The highest BCUT2D eigenvalue weighted by Crippen LogP contribution is 2.33. The van der Waals surface area contributed by atoms with Gasteiger partial charge in [-0.2, -0.15) is 11.8 Å². The second-order valence-corrected chi connectivity index (χ2v) is 9.28. The first-order chi connectivity index (χ1) is 16.7. The smallest absolute Gasteiger partial charge is 0.315 e. The molecule has 198 valence electrons. The first-order valence-corrected chi connectivity index (χ1v) is 13.2. The van der Waals surface area contributed by atoms with Crippen molar-refractivity contribution in [1.82, 2.24) is 16.0 Å². The van der Waals surface area contributed by atoms with E-state index in [2.05, 4.69) is 16.0 Å². The molecule has 0 saturated carbocycles. The van der Waals surface area contributed by atoms with Gasteiger partial charge in [-0.05, 0) is 12.8 Å². The van der Waals surface area contributed by atoms with Crippen LogP contribution in [0.5, 0.6) is 0 Å². The molecule has 0 aromatic carbocycles. The van der Waals surface area contributed by atoms with E-state index < -0.39 is 0 Å². The normalized spacial score (nSPS) is 21.3. The van der Waals surface area contributed by atoms with Crippen molar-refractivity contribution in [2.24, 2.45) is 0 Å². The van der Waals surface area contributed by atoms with E-state index in [1.54, 1.807) is 0 Å². The van der Waals surface area contributed by atoms with Gasteiger partial charge in [0, 0.05) is 24.0 Å². The van der Waals surface area contributed by atoms with Crippen molar-refractivity contribution in [2.75, 3.05) is 85.0 Å². The number of fused-ring (bicyclic) bond motifs is 1. The Kier molecular flexibility index (Phi) is 16.3. The van der Waals surface area contributed by atoms with Gasteiger partial charge in [-0.3, -0.25) is 4.79 Å². The molecule has 0 radical (unpaired) electrons. The lowest BCUT2D eigenvalue weighted by molar-refractivity contribution is -0.121. The van der Waals surface area contributed by atoms with E-state index in [4.69, 9.17) is 28.8 Å². The first-order valence-electron chi connectivity index (χ1n) is 12.2. The van der Waals surface area contributed by atoms with Crippen molar-refractivity contribution >= 4 is 23.7 Å². The van der Waals surface area contributed by atoms with Crippen LogP contribution in [0, 0.1) is 0 Å². The number of unbranched alkanes of at least 4 members (excludes halogenated alkanes) is 1. The first kappa shape index (κ1) is 29.1. The zero-order chi connectivity index (χ0) is 24.3. The Labute approximate surface area is 206 Å². The molecule has 2 saturated heterocycles. The van der Waals surface area contributed by atoms with Gasteiger partial charge in [0.05, 0.1) is 84.8 Å². The van der Waals surface area contributed by atoms with Gasteiger partial charge in [-0.1, -0.05) is 6.42 Å². The fraction of sp³-hybridized carbons (Fsp3) is 0.909. The highest BCUT2D eigenvalue weighted by molar-refractivity contribution is 8.00. The summed E-state index contributed by atoms with van der Waals surface area (Å²) in [5, 5.41) is 17.8. The number of hydrogen-bond donors (Lipinski definition) is 4. The summed E-state index contributed by atoms with van der Waals surface area (Å²) in [4.78, 5) is 23.3. The van der Waals surface area contributed by atoms with Crippen molar-refractivity contribution in [2.45, 2.75) is 43.0 Å². The molecule has 2 heterocycles. The maximum atomic E-state index is 11.9. The summed E-state index contributed by atoms with van der Waals surface area (Å²) in [7, 11) is 0. The highest BCUT2D eigenvalue weighted by Gasteiger charge is 2.42. The van der Waals surface area contributed by atoms with Gasteiger partial charge in [0.2, 0.25) is 5.91 Å². The van der Waals surface area contributed by atoms with Crippen LogP contribution in [-0.4, -0.2) is 119 Å². The Morgan fingerprint density at radius 1 is 0.882 bits per heavy atom. The van der Waals surface area contributed by atoms with E-state index in [0.717, 1.165) is 25.0 Å². The third-order valence-electron chi connectivity index (χ3n) is 5.37. The number of nitrogens with one attached hydrogen (secondary N) is 3. The summed E-state index contributed by atoms with van der Waals surface area (Å²) in [6, 6.07) is 0.428. The van der Waals surface area contributed by atoms with Crippen LogP contribution in [0.4, 0.5) is 4.79 Å². The summed E-state index contributed by atoms with van der Waals surface area (Å²) >= 11 is 1.90. The lowest BCUT2D eigenvalue weighted by atomic mass is 10.0. The van der Waals surface area contributed by atoms with Crippen LogP contribution in [0.25, 0.3) is 0 Å². The maximum Gasteiger partial charge on any atom is 0.315 e. The van der Waals surface area contributed by atoms with Crippen molar-refractivity contribution in [3.05, 3.63) is 0 Å². The number of carbonyl (C=O) groups is 2. The molecule has 3 atom stereocenters. The van der Waals surface area contributed by atoms with E-state index in [-0.39, 0.29) is 30.6 Å². The standard InChI is InChI=1S/C22H41N3O8S/c26-6-8-30-10-12-32-14-16-33-15-13-31-11-9-29-7-5-23-20(27)4-2-1-3-19-21-18(17-34-19)24-22(28)25-21/h18-19,21,26H,1-17H2,(H,23,27)(H2,24,25,28)/t18-,19+,21-/m1/s1. The van der Waals surface area contributed by atoms with Crippen LogP contribution < -0.4 is 16.0 Å². The minimum Gasteiger partial charge on any atom is -0.394 e. The summed E-state index contributed by atoms with van der Waals surface area (Å²) in [6.07, 6.45) is 3.37. The van der Waals surface area contributed by atoms with Gasteiger partial charge < -0.3 is 44.7 Å². The second kappa shape index (κ2) is 19.1. The summed E-state index contributed by atoms with van der Waals surface area (Å²) in [6.45, 7) is 5.18. The van der Waals surface area contributed by atoms with Crippen molar-refractivity contribution in [1.29, 1.82) is 0 Å². The predicted octanol–water partition coefficient (Wildman–Crippen LogP) is -0.0963. The number of amides is 3. The van der Waals surface area contributed by atoms with Crippen LogP contribution in [-0.2, 0) is 28.5 Å². The fourth-order valence-corrected chi connectivity index (χ4v) is 5.21. The Morgan fingerprint density at radius 2 is 1.47 bits per heavy atom. The molecule has 34 heavy (non-hydrogen) atoms. The van der Waals surface area contributed by atoms with Gasteiger partial charge >= 0.3 is 6.03 Å². The van der Waals surface area contributed by atoms with Crippen LogP contribution in [0.1, 0.15) is 25.7 Å². The molecule has 2 aliphatic heterocycles. The van der Waals surface area contributed by atoms with E-state index in [9.17, 15) is 9.59 Å². The van der Waals surface area contributed by atoms with Crippen LogP contribution >= 0.6 is 11.8 Å². The quantitative estimate of drug-likeness (QED) is 0.117. The summed E-state index contributed by atoms with van der Waals surface area (Å²) in [5.41, 5.74) is 0. The Morgan fingerprint density at radius 3 is 2.09 bits per heavy atom. The average Bonchev–Trinajstić information content (AvgIpc) is 3.38. The number of hydrogen-bond acceptors (Lipinski definition) is 9. The average molecular weight is 508 g/mol. The predicted molar refractivity (Wildman–Crippen MR) is 128 cm³/mol. The molecule has 4 N–H and O–H groups in total. The molecule has 0 unspecified atom stereocenters. The van der Waals surface area contributed by atoms with Crippen LogP contribution in [0.15, 0.2) is 0 Å². The van der Waals surface area contributed by atoms with Crippen LogP contribution in [0.2, 0.25) is 0 Å². The summed E-state index contributed by atoms with van der Waals surface area (Å²) < 4.78 is 26.6. The molecular weight excluding hydrogens is 466 g/mol. The number of thioether (sulfide) groups is 1. The molecule has 0 aliphatic carbocycles. The number of rotatable bonds is 22. The zero-order valence-corrected chi connectivity index (χ0v) is 20.8. The molecule has 2 fully saturated rings. The number of carbonyl (C=O) groups excluding carboxylic acids is 2. The van der Waals surface area contributed by atoms with Crippen LogP contribution in [0.3, 0.4) is 0 Å². The minimum absolute atomic E-state index is 0.0226. The third kappa shape index (κ3) is 13.1. The molecule has 0 spiro atoms. The molecular formula is C22H41N3O8S. The maximum absolute atomic E-state index is 11.9. The Bertz CT molecular complexity index is 560. The fourth-order valence-electron chi connectivity index (χ4n) is 3.67. The van der Waals surface area contributed by atoms with E-state index in [1.165, 1.54) is 0 Å². The molecule has 12 heteroatoms. The molecule has 3 amide bonds. The molecule has 2 aliphatic rings. The van der Waals surface area contributed by atoms with Gasteiger partial charge in [-0.15, -0.1) is 0 Å². The van der Waals surface area contributed by atoms with Gasteiger partial charge in [0.1, 0.15) is 0 Å². The van der Waals surface area contributed by atoms with Crippen molar-refractivity contribution in [3.63, 3.8) is 0 Å². The summed E-state index contributed by atoms with van der Waals surface area (Å²) in [5.74, 6) is 1.01. The number of aliphatic hydroxyl groups is 1. The number of urea groups is 1. The van der Waals surface area contributed by atoms with E-state index in [1.807, 2.05) is 11.8 Å². The van der Waals surface area contributed by atoms with Crippen molar-refractivity contribution in [3.8, 4) is 0 Å². The molecule has 0 aromatic heterocycles. The van der Waals surface area contributed by atoms with Gasteiger partial charge in [-0.25, -0.2) is 4.79 Å². The monoisotopic (exact) mass is 507 g/mol. The number of aliphatic hydroxyl groups excluding tert-OH is 1. The lowest BCUT2D eigenvalue weighted by Crippen LogP contribution is -2.36. The lowest BCUT2D eigenvalue weighted by Gasteiger charge is -2.16. The molecule has 0 bridgehead atoms. The Hall–Kier alpha value is -1.15. The minimum atomic E-state index is -0.0573. The zero-order valence-electron chi connectivity index (χ0n) is 20.0. The molecule has 2 rings (SSSR count). The second-order valence-electron chi connectivity index (χ2n) is 8.00. The van der Waals surface area contributed by atoms with E-state index in [0.29, 0.717) is 84.3 Å². The highest BCUT2D eigenvalue weighted by atomic mass is 32.2. The topological polar surface area (TPSA) is 137 Å². The van der Waals surface area contributed by atoms with Gasteiger partial charge in [0.15, 0.2) is 0 Å². The molecule has 11 nitrogen and oxygen atoms in total. The number of ether oxygens (including phenoxy) is 5. The SMILES string of the molecule is O=C(CCCC[C@@H]1SC[C@H]2NC(=O)N[C@@H]12)NCCOCCOCCOCCOCCOCCO. The largest absolute Gasteiger partial charge is 0.394 e.